The highest BCUT2D eigenvalue weighted by molar-refractivity contribution is 5.77. The lowest BCUT2D eigenvalue weighted by Gasteiger charge is -2.35. The Kier molecular flexibility index (Phi) is 5.64. The number of piperazine rings is 1. The van der Waals surface area contributed by atoms with E-state index >= 15 is 0 Å². The predicted molar refractivity (Wildman–Crippen MR) is 77.0 cm³/mol. The molecule has 1 aliphatic heterocycles. The number of carbonyl (C=O) groups excluding carboxylic acids is 1. The largest absolute Gasteiger partial charge is 0.340 e. The normalized spacial score (nSPS) is 18.0. The Labute approximate surface area is 123 Å². The van der Waals surface area contributed by atoms with Crippen molar-refractivity contribution in [1.29, 1.82) is 0 Å². The minimum absolute atomic E-state index is 0.0111. The van der Waals surface area contributed by atoms with E-state index in [0.717, 1.165) is 5.56 Å². The molecule has 1 unspecified atom stereocenters. The Morgan fingerprint density at radius 2 is 1.76 bits per heavy atom. The van der Waals surface area contributed by atoms with Crippen molar-refractivity contribution in [2.24, 2.45) is 5.73 Å². The van der Waals surface area contributed by atoms with Crippen LogP contribution in [0, 0.1) is 0 Å². The first-order chi connectivity index (χ1) is 10.1. The molecule has 0 radical (unpaired) electrons. The number of nitrogens with two attached hydrogens (primary N) is 1. The van der Waals surface area contributed by atoms with Crippen LogP contribution in [0.1, 0.15) is 18.0 Å². The van der Waals surface area contributed by atoms with Crippen molar-refractivity contribution in [2.75, 3.05) is 32.7 Å². The van der Waals surface area contributed by atoms with Crippen LogP contribution in [0.25, 0.3) is 0 Å². The zero-order chi connectivity index (χ0) is 15.2. The Morgan fingerprint density at radius 3 is 2.33 bits per heavy atom. The molecule has 0 saturated carbocycles. The summed E-state index contributed by atoms with van der Waals surface area (Å²) in [5, 5.41) is 0. The molecule has 1 atom stereocenters. The highest BCUT2D eigenvalue weighted by atomic mass is 19.3. The van der Waals surface area contributed by atoms with Crippen molar-refractivity contribution in [3.05, 3.63) is 35.9 Å². The Bertz CT molecular complexity index is 447. The van der Waals surface area contributed by atoms with Gasteiger partial charge in [-0.3, -0.25) is 9.69 Å². The van der Waals surface area contributed by atoms with Gasteiger partial charge in [-0.1, -0.05) is 30.3 Å². The van der Waals surface area contributed by atoms with Crippen LogP contribution in [-0.4, -0.2) is 54.9 Å². The van der Waals surface area contributed by atoms with Gasteiger partial charge >= 0.3 is 0 Å². The van der Waals surface area contributed by atoms with Crippen LogP contribution in [-0.2, 0) is 4.79 Å². The minimum atomic E-state index is -2.32. The molecule has 1 heterocycles. The second kappa shape index (κ2) is 7.47. The first kappa shape index (κ1) is 15.9. The number of hydrogen-bond donors (Lipinski definition) is 1. The fraction of sp³-hybridized carbons (Fsp3) is 0.533. The van der Waals surface area contributed by atoms with Gasteiger partial charge in [-0.25, -0.2) is 8.78 Å². The number of amides is 1. The number of hydrogen-bond acceptors (Lipinski definition) is 3. The molecule has 0 aliphatic carbocycles. The van der Waals surface area contributed by atoms with Gasteiger partial charge in [0.2, 0.25) is 5.91 Å². The maximum atomic E-state index is 12.3. The van der Waals surface area contributed by atoms with Crippen LogP contribution < -0.4 is 5.73 Å². The molecule has 1 fully saturated rings. The van der Waals surface area contributed by atoms with Crippen LogP contribution in [0.3, 0.4) is 0 Å². The predicted octanol–water partition coefficient (Wildman–Crippen LogP) is 1.49. The second-order valence-electron chi connectivity index (χ2n) is 5.29. The molecule has 0 bridgehead atoms. The molecule has 1 aromatic rings. The van der Waals surface area contributed by atoms with Crippen LogP contribution in [0.2, 0.25) is 0 Å². The number of carbonyl (C=O) groups is 1. The van der Waals surface area contributed by atoms with Gasteiger partial charge in [0, 0.05) is 38.6 Å². The number of alkyl halides is 2. The van der Waals surface area contributed by atoms with Crippen LogP contribution in [0.15, 0.2) is 30.3 Å². The van der Waals surface area contributed by atoms with E-state index in [-0.39, 0.29) is 24.9 Å². The number of benzene rings is 1. The van der Waals surface area contributed by atoms with Gasteiger partial charge in [0.15, 0.2) is 0 Å². The van der Waals surface area contributed by atoms with E-state index in [0.29, 0.717) is 26.2 Å². The number of nitrogens with zero attached hydrogens (tertiary/aromatic N) is 2. The Hall–Kier alpha value is -1.53. The van der Waals surface area contributed by atoms with Crippen LogP contribution in [0.5, 0.6) is 0 Å². The average molecular weight is 297 g/mol. The molecular weight excluding hydrogens is 276 g/mol. The van der Waals surface area contributed by atoms with Gasteiger partial charge in [0.1, 0.15) is 0 Å². The molecule has 6 heteroatoms. The Morgan fingerprint density at radius 1 is 1.14 bits per heavy atom. The molecule has 1 saturated heterocycles. The van der Waals surface area contributed by atoms with E-state index in [4.69, 9.17) is 5.73 Å². The molecule has 2 N–H and O–H groups in total. The van der Waals surface area contributed by atoms with Crippen LogP contribution in [0.4, 0.5) is 8.78 Å². The van der Waals surface area contributed by atoms with Crippen LogP contribution >= 0.6 is 0 Å². The summed E-state index contributed by atoms with van der Waals surface area (Å²) < 4.78 is 24.6. The highest BCUT2D eigenvalue weighted by Gasteiger charge is 2.24. The maximum Gasteiger partial charge on any atom is 0.251 e. The molecule has 1 aliphatic rings. The fourth-order valence-electron chi connectivity index (χ4n) is 2.51. The molecule has 0 spiro atoms. The van der Waals surface area contributed by atoms with Gasteiger partial charge in [0.05, 0.1) is 6.54 Å². The van der Waals surface area contributed by atoms with Gasteiger partial charge in [0.25, 0.3) is 6.43 Å². The van der Waals surface area contributed by atoms with Crippen molar-refractivity contribution in [3.8, 4) is 0 Å². The second-order valence-corrected chi connectivity index (χ2v) is 5.29. The average Bonchev–Trinajstić information content (AvgIpc) is 2.48. The van der Waals surface area contributed by atoms with E-state index in [2.05, 4.69) is 0 Å². The van der Waals surface area contributed by atoms with E-state index in [1.165, 1.54) is 0 Å². The third kappa shape index (κ3) is 4.75. The standard InChI is InChI=1S/C15H21F2N3O/c16-14(17)11-19-6-8-20(9-7-19)15(21)10-13(18)12-4-2-1-3-5-12/h1-5,13-14H,6-11,18H2. The highest BCUT2D eigenvalue weighted by Crippen LogP contribution is 2.15. The lowest BCUT2D eigenvalue weighted by atomic mass is 10.0. The molecule has 4 nitrogen and oxygen atoms in total. The van der Waals surface area contributed by atoms with Crippen molar-refractivity contribution in [2.45, 2.75) is 18.9 Å². The van der Waals surface area contributed by atoms with Crippen molar-refractivity contribution < 1.29 is 13.6 Å². The smallest absolute Gasteiger partial charge is 0.251 e. The third-order valence-corrected chi connectivity index (χ3v) is 3.74. The molecule has 1 aromatic carbocycles. The molecule has 21 heavy (non-hydrogen) atoms. The summed E-state index contributed by atoms with van der Waals surface area (Å²) in [5.74, 6) is -0.0111. The van der Waals surface area contributed by atoms with E-state index < -0.39 is 6.43 Å². The van der Waals surface area contributed by atoms with E-state index in [9.17, 15) is 13.6 Å². The lowest BCUT2D eigenvalue weighted by Crippen LogP contribution is -2.50. The monoisotopic (exact) mass is 297 g/mol. The molecule has 1 amide bonds. The van der Waals surface area contributed by atoms with Crippen molar-refractivity contribution >= 4 is 5.91 Å². The lowest BCUT2D eigenvalue weighted by molar-refractivity contribution is -0.133. The molecule has 0 aromatic heterocycles. The third-order valence-electron chi connectivity index (χ3n) is 3.74. The molecule has 2 rings (SSSR count). The zero-order valence-electron chi connectivity index (χ0n) is 11.9. The Balaban J connectivity index is 1.80. The number of halogens is 2. The summed E-state index contributed by atoms with van der Waals surface area (Å²) in [5.41, 5.74) is 6.97. The maximum absolute atomic E-state index is 12.3. The first-order valence-corrected chi connectivity index (χ1v) is 7.15. The summed E-state index contributed by atoms with van der Waals surface area (Å²) in [6, 6.07) is 9.17. The van der Waals surface area contributed by atoms with Gasteiger partial charge in [-0.15, -0.1) is 0 Å². The summed E-state index contributed by atoms with van der Waals surface area (Å²) >= 11 is 0. The number of rotatable bonds is 5. The quantitative estimate of drug-likeness (QED) is 0.896. The van der Waals surface area contributed by atoms with Gasteiger partial charge in [-0.2, -0.15) is 0 Å². The van der Waals surface area contributed by atoms with Crippen molar-refractivity contribution in [3.63, 3.8) is 0 Å². The zero-order valence-corrected chi connectivity index (χ0v) is 11.9. The summed E-state index contributed by atoms with van der Waals surface area (Å²) in [4.78, 5) is 15.6. The topological polar surface area (TPSA) is 49.6 Å². The molecular formula is C15H21F2N3O. The van der Waals surface area contributed by atoms with Gasteiger partial charge in [-0.05, 0) is 5.56 Å². The van der Waals surface area contributed by atoms with Crippen molar-refractivity contribution in [1.82, 2.24) is 9.80 Å². The molecule has 116 valence electrons. The summed E-state index contributed by atoms with van der Waals surface area (Å²) in [6.07, 6.45) is -2.07. The minimum Gasteiger partial charge on any atom is -0.340 e. The van der Waals surface area contributed by atoms with E-state index in [1.807, 2.05) is 30.3 Å². The SMILES string of the molecule is NC(CC(=O)N1CCN(CC(F)F)CC1)c1ccccc1. The summed E-state index contributed by atoms with van der Waals surface area (Å²) in [6.45, 7) is 1.76. The summed E-state index contributed by atoms with van der Waals surface area (Å²) in [7, 11) is 0. The van der Waals surface area contributed by atoms with Gasteiger partial charge < -0.3 is 10.6 Å². The van der Waals surface area contributed by atoms with E-state index in [1.54, 1.807) is 9.80 Å². The fourth-order valence-corrected chi connectivity index (χ4v) is 2.51. The first-order valence-electron chi connectivity index (χ1n) is 7.15.